The highest BCUT2D eigenvalue weighted by Gasteiger charge is 2.07. The normalized spacial score (nSPS) is 10.6. The molecule has 0 saturated heterocycles. The highest BCUT2D eigenvalue weighted by Crippen LogP contribution is 2.25. The second-order valence-corrected chi connectivity index (χ2v) is 5.73. The van der Waals surface area contributed by atoms with Gasteiger partial charge in [0.2, 0.25) is 0 Å². The summed E-state index contributed by atoms with van der Waals surface area (Å²) >= 11 is 11.7. The Labute approximate surface area is 146 Å². The van der Waals surface area contributed by atoms with E-state index in [0.29, 0.717) is 27.1 Å². The largest absolute Gasteiger partial charge is 0.484 e. The summed E-state index contributed by atoms with van der Waals surface area (Å²) in [4.78, 5) is 23.1. The zero-order chi connectivity index (χ0) is 17.1. The van der Waals surface area contributed by atoms with Crippen molar-refractivity contribution in [1.82, 2.24) is 0 Å². The van der Waals surface area contributed by atoms with Crippen LogP contribution in [0.5, 0.6) is 5.75 Å². The van der Waals surface area contributed by atoms with E-state index in [1.54, 1.807) is 42.5 Å². The van der Waals surface area contributed by atoms with Gasteiger partial charge in [-0.1, -0.05) is 23.2 Å². The molecule has 122 valence electrons. The van der Waals surface area contributed by atoms with Crippen molar-refractivity contribution in [2.45, 2.75) is 0 Å². The van der Waals surface area contributed by atoms with Gasteiger partial charge in [-0.05, 0) is 36.4 Å². The maximum Gasteiger partial charge on any atom is 0.336 e. The quantitative estimate of drug-likeness (QED) is 0.708. The topological polar surface area (TPSA) is 68.5 Å². The molecular weight excluding hydrogens is 353 g/mol. The third-order valence-corrected chi connectivity index (χ3v) is 3.91. The van der Waals surface area contributed by atoms with E-state index in [2.05, 4.69) is 5.32 Å². The molecule has 24 heavy (non-hydrogen) atoms. The van der Waals surface area contributed by atoms with Crippen molar-refractivity contribution in [1.29, 1.82) is 0 Å². The standard InChI is InChI=1S/C17H11Cl2NO4/c18-13-5-3-11(7-14(13)19)20-16(21)9-23-12-4-1-10-2-6-17(22)24-15(10)8-12/h1-8H,9H2,(H,20,21). The predicted molar refractivity (Wildman–Crippen MR) is 93.1 cm³/mol. The maximum atomic E-state index is 11.9. The first-order valence-corrected chi connectivity index (χ1v) is 7.68. The second kappa shape index (κ2) is 6.95. The molecule has 1 N–H and O–H groups in total. The van der Waals surface area contributed by atoms with Crippen molar-refractivity contribution in [3.05, 3.63) is 69.0 Å². The van der Waals surface area contributed by atoms with E-state index in [1.807, 2.05) is 0 Å². The monoisotopic (exact) mass is 363 g/mol. The summed E-state index contributed by atoms with van der Waals surface area (Å²) in [5.74, 6) is 0.0594. The Bertz CT molecular complexity index is 968. The highest BCUT2D eigenvalue weighted by atomic mass is 35.5. The van der Waals surface area contributed by atoms with Crippen molar-refractivity contribution < 1.29 is 13.9 Å². The van der Waals surface area contributed by atoms with Gasteiger partial charge in [-0.25, -0.2) is 4.79 Å². The van der Waals surface area contributed by atoms with Crippen LogP contribution in [-0.2, 0) is 4.79 Å². The van der Waals surface area contributed by atoms with Crippen molar-refractivity contribution >= 4 is 45.8 Å². The predicted octanol–water partition coefficient (Wildman–Crippen LogP) is 4.12. The third kappa shape index (κ3) is 3.88. The molecule has 0 bridgehead atoms. The fourth-order valence-corrected chi connectivity index (χ4v) is 2.35. The second-order valence-electron chi connectivity index (χ2n) is 4.92. The van der Waals surface area contributed by atoms with Gasteiger partial charge in [-0.15, -0.1) is 0 Å². The number of carbonyl (C=O) groups is 1. The van der Waals surface area contributed by atoms with E-state index in [0.717, 1.165) is 5.39 Å². The molecule has 0 aliphatic carbocycles. The fraction of sp³-hybridized carbons (Fsp3) is 0.0588. The minimum atomic E-state index is -0.447. The van der Waals surface area contributed by atoms with Crippen LogP contribution < -0.4 is 15.7 Å². The molecule has 0 fully saturated rings. The summed E-state index contributed by atoms with van der Waals surface area (Å²) in [5, 5.41) is 4.17. The number of rotatable bonds is 4. The van der Waals surface area contributed by atoms with E-state index in [-0.39, 0.29) is 12.5 Å². The molecule has 1 aromatic heterocycles. The summed E-state index contributed by atoms with van der Waals surface area (Å²) in [6, 6.07) is 12.8. The van der Waals surface area contributed by atoms with Gasteiger partial charge in [0.15, 0.2) is 6.61 Å². The first-order valence-electron chi connectivity index (χ1n) is 6.93. The Morgan fingerprint density at radius 3 is 2.62 bits per heavy atom. The van der Waals surface area contributed by atoms with E-state index in [4.69, 9.17) is 32.4 Å². The first kappa shape index (κ1) is 16.4. The molecule has 2 aromatic carbocycles. The number of carbonyl (C=O) groups excluding carboxylic acids is 1. The summed E-state index contributed by atoms with van der Waals surface area (Å²) in [6.07, 6.45) is 0. The average Bonchev–Trinajstić information content (AvgIpc) is 2.56. The Hall–Kier alpha value is -2.50. The van der Waals surface area contributed by atoms with Crippen LogP contribution in [0.15, 0.2) is 57.7 Å². The zero-order valence-electron chi connectivity index (χ0n) is 12.2. The van der Waals surface area contributed by atoms with Gasteiger partial charge < -0.3 is 14.5 Å². The molecule has 0 aliphatic heterocycles. The molecule has 0 saturated carbocycles. The van der Waals surface area contributed by atoms with Crippen LogP contribution in [0.1, 0.15) is 0 Å². The smallest absolute Gasteiger partial charge is 0.336 e. The SMILES string of the molecule is O=C(COc1ccc2ccc(=O)oc2c1)Nc1ccc(Cl)c(Cl)c1. The number of amides is 1. The van der Waals surface area contributed by atoms with Crippen molar-refractivity contribution in [3.63, 3.8) is 0 Å². The molecule has 0 aliphatic rings. The molecule has 1 amide bonds. The van der Waals surface area contributed by atoms with Gasteiger partial charge in [-0.2, -0.15) is 0 Å². The molecule has 0 spiro atoms. The lowest BCUT2D eigenvalue weighted by Gasteiger charge is -2.08. The third-order valence-electron chi connectivity index (χ3n) is 3.17. The van der Waals surface area contributed by atoms with E-state index >= 15 is 0 Å². The number of anilines is 1. The van der Waals surface area contributed by atoms with Gasteiger partial charge in [0, 0.05) is 23.2 Å². The van der Waals surface area contributed by atoms with Crippen molar-refractivity contribution in [2.75, 3.05) is 11.9 Å². The molecule has 3 rings (SSSR count). The van der Waals surface area contributed by atoms with E-state index < -0.39 is 5.63 Å². The fourth-order valence-electron chi connectivity index (χ4n) is 2.05. The van der Waals surface area contributed by atoms with Gasteiger partial charge in [-0.3, -0.25) is 4.79 Å². The number of fused-ring (bicyclic) bond motifs is 1. The Morgan fingerprint density at radius 1 is 1.04 bits per heavy atom. The van der Waals surface area contributed by atoms with Crippen LogP contribution in [0.2, 0.25) is 10.0 Å². The number of nitrogens with one attached hydrogen (secondary N) is 1. The lowest BCUT2D eigenvalue weighted by Crippen LogP contribution is -2.20. The molecular formula is C17H11Cl2NO4. The van der Waals surface area contributed by atoms with E-state index in [9.17, 15) is 9.59 Å². The molecule has 5 nitrogen and oxygen atoms in total. The summed E-state index contributed by atoms with van der Waals surface area (Å²) in [5.41, 5.74) is 0.462. The summed E-state index contributed by atoms with van der Waals surface area (Å²) < 4.78 is 10.5. The molecule has 3 aromatic rings. The number of halogens is 2. The lowest BCUT2D eigenvalue weighted by molar-refractivity contribution is -0.118. The minimum absolute atomic E-state index is 0.206. The summed E-state index contributed by atoms with van der Waals surface area (Å²) in [7, 11) is 0. The summed E-state index contributed by atoms with van der Waals surface area (Å²) in [6.45, 7) is -0.206. The molecule has 0 radical (unpaired) electrons. The van der Waals surface area contributed by atoms with Gasteiger partial charge in [0.1, 0.15) is 11.3 Å². The van der Waals surface area contributed by atoms with Crippen LogP contribution in [0.4, 0.5) is 5.69 Å². The first-order chi connectivity index (χ1) is 11.5. The van der Waals surface area contributed by atoms with Crippen LogP contribution in [0.25, 0.3) is 11.0 Å². The van der Waals surface area contributed by atoms with Crippen LogP contribution in [-0.4, -0.2) is 12.5 Å². The number of benzene rings is 2. The lowest BCUT2D eigenvalue weighted by atomic mass is 10.2. The molecule has 0 atom stereocenters. The average molecular weight is 364 g/mol. The van der Waals surface area contributed by atoms with E-state index in [1.165, 1.54) is 6.07 Å². The molecule has 0 unspecified atom stereocenters. The Balaban J connectivity index is 1.65. The van der Waals surface area contributed by atoms with Crippen LogP contribution >= 0.6 is 23.2 Å². The van der Waals surface area contributed by atoms with Crippen molar-refractivity contribution in [3.8, 4) is 5.75 Å². The number of hydrogen-bond acceptors (Lipinski definition) is 4. The van der Waals surface area contributed by atoms with Crippen LogP contribution in [0, 0.1) is 0 Å². The maximum absolute atomic E-state index is 11.9. The Kier molecular flexibility index (Phi) is 4.74. The van der Waals surface area contributed by atoms with Crippen LogP contribution in [0.3, 0.4) is 0 Å². The minimum Gasteiger partial charge on any atom is -0.484 e. The number of hydrogen-bond donors (Lipinski definition) is 1. The molecule has 7 heteroatoms. The number of ether oxygens (including phenoxy) is 1. The van der Waals surface area contributed by atoms with Crippen molar-refractivity contribution in [2.24, 2.45) is 0 Å². The zero-order valence-corrected chi connectivity index (χ0v) is 13.7. The highest BCUT2D eigenvalue weighted by molar-refractivity contribution is 6.42. The van der Waals surface area contributed by atoms with Gasteiger partial charge in [0.25, 0.3) is 5.91 Å². The molecule has 1 heterocycles. The Morgan fingerprint density at radius 2 is 1.83 bits per heavy atom. The van der Waals surface area contributed by atoms with Gasteiger partial charge >= 0.3 is 5.63 Å². The van der Waals surface area contributed by atoms with Gasteiger partial charge in [0.05, 0.1) is 10.0 Å².